The quantitative estimate of drug-likeness (QED) is 0.416. The molecule has 0 aromatic heterocycles. The number of aliphatic hydroxyl groups is 5. The van der Waals surface area contributed by atoms with Crippen molar-refractivity contribution in [2.24, 2.45) is 29.1 Å². The monoisotopic (exact) mass is 364 g/mol. The number of ketones is 1. The molecule has 6 nitrogen and oxygen atoms in total. The summed E-state index contributed by atoms with van der Waals surface area (Å²) in [6.45, 7) is 6.63. The Morgan fingerprint density at radius 2 is 1.81 bits per heavy atom. The van der Waals surface area contributed by atoms with E-state index in [2.05, 4.69) is 0 Å². The molecule has 144 valence electrons. The van der Waals surface area contributed by atoms with Gasteiger partial charge in [0, 0.05) is 35.5 Å². The molecule has 26 heavy (non-hydrogen) atoms. The van der Waals surface area contributed by atoms with E-state index in [1.165, 1.54) is 0 Å². The molecule has 0 aromatic rings. The fourth-order valence-corrected chi connectivity index (χ4v) is 6.45. The van der Waals surface area contributed by atoms with E-state index in [1.807, 2.05) is 13.8 Å². The standard InChI is InChI=1S/C20H28O6/c1-9-5-13-18(24,15(9)22)7-11(8-21)6-12-14-17(3,4)20(14,26)16(23)10(2)19(12,13)25/h5-6,10,12-14,16,21,23-26H,7-8H2,1-4H3/t10-,12+,13?,14-,16-,18-,19-,20-/m1/s1. The third-order valence-corrected chi connectivity index (χ3v) is 8.04. The lowest BCUT2D eigenvalue weighted by Gasteiger charge is -2.51. The van der Waals surface area contributed by atoms with Crippen LogP contribution in [0.1, 0.15) is 34.1 Å². The highest BCUT2D eigenvalue weighted by atomic mass is 16.4. The summed E-state index contributed by atoms with van der Waals surface area (Å²) in [7, 11) is 0. The van der Waals surface area contributed by atoms with Gasteiger partial charge in [-0.15, -0.1) is 0 Å². The van der Waals surface area contributed by atoms with Crippen molar-refractivity contribution in [1.29, 1.82) is 0 Å². The molecule has 0 bridgehead atoms. The van der Waals surface area contributed by atoms with Gasteiger partial charge >= 0.3 is 0 Å². The van der Waals surface area contributed by atoms with Crippen LogP contribution in [0.3, 0.4) is 0 Å². The second kappa shape index (κ2) is 4.86. The molecule has 0 amide bonds. The molecule has 4 aliphatic rings. The van der Waals surface area contributed by atoms with Gasteiger partial charge in [0.1, 0.15) is 11.2 Å². The fourth-order valence-electron chi connectivity index (χ4n) is 6.45. The van der Waals surface area contributed by atoms with Crippen LogP contribution < -0.4 is 0 Å². The lowest BCUT2D eigenvalue weighted by Crippen LogP contribution is -2.65. The summed E-state index contributed by atoms with van der Waals surface area (Å²) < 4.78 is 0. The molecule has 0 heterocycles. The van der Waals surface area contributed by atoms with Crippen molar-refractivity contribution >= 4 is 5.78 Å². The van der Waals surface area contributed by atoms with E-state index in [-0.39, 0.29) is 13.0 Å². The molecule has 5 N–H and O–H groups in total. The van der Waals surface area contributed by atoms with Crippen molar-refractivity contribution in [3.8, 4) is 0 Å². The Bertz CT molecular complexity index is 753. The summed E-state index contributed by atoms with van der Waals surface area (Å²) >= 11 is 0. The second-order valence-electron chi connectivity index (χ2n) is 9.41. The summed E-state index contributed by atoms with van der Waals surface area (Å²) in [6, 6.07) is 0. The van der Waals surface area contributed by atoms with E-state index in [9.17, 15) is 30.3 Å². The van der Waals surface area contributed by atoms with Gasteiger partial charge in [-0.2, -0.15) is 0 Å². The average Bonchev–Trinajstić information content (AvgIpc) is 2.97. The predicted octanol–water partition coefficient (Wildman–Crippen LogP) is -0.0699. The maximum absolute atomic E-state index is 12.7. The highest BCUT2D eigenvalue weighted by Crippen LogP contribution is 2.74. The molecule has 0 saturated heterocycles. The minimum Gasteiger partial charge on any atom is -0.392 e. The van der Waals surface area contributed by atoms with E-state index in [0.29, 0.717) is 11.1 Å². The molecule has 8 atom stereocenters. The summed E-state index contributed by atoms with van der Waals surface area (Å²) in [6.07, 6.45) is 2.08. The van der Waals surface area contributed by atoms with Crippen molar-refractivity contribution in [1.82, 2.24) is 0 Å². The number of carbonyl (C=O) groups excluding carboxylic acids is 1. The Morgan fingerprint density at radius 3 is 2.38 bits per heavy atom. The van der Waals surface area contributed by atoms with Crippen LogP contribution in [-0.4, -0.2) is 60.8 Å². The lowest BCUT2D eigenvalue weighted by atomic mass is 9.59. The first kappa shape index (κ1) is 18.3. The predicted molar refractivity (Wildman–Crippen MR) is 92.8 cm³/mol. The van der Waals surface area contributed by atoms with Gasteiger partial charge in [-0.05, 0) is 18.1 Å². The van der Waals surface area contributed by atoms with Crippen molar-refractivity contribution in [3.05, 3.63) is 23.3 Å². The Morgan fingerprint density at radius 1 is 1.19 bits per heavy atom. The van der Waals surface area contributed by atoms with Crippen molar-refractivity contribution < 1.29 is 30.3 Å². The van der Waals surface area contributed by atoms with E-state index in [0.717, 1.165) is 0 Å². The summed E-state index contributed by atoms with van der Waals surface area (Å²) in [4.78, 5) is 12.7. The van der Waals surface area contributed by atoms with Gasteiger partial charge in [-0.25, -0.2) is 0 Å². The van der Waals surface area contributed by atoms with Crippen molar-refractivity contribution in [2.75, 3.05) is 6.61 Å². The normalized spacial score (nSPS) is 54.5. The highest BCUT2D eigenvalue weighted by Gasteiger charge is 2.84. The zero-order valence-electron chi connectivity index (χ0n) is 15.6. The SMILES string of the molecule is CC1=CC2[C@@]3(O)[C@H](C)[C@@H](O)[C@]4(O)[C@H]([C@@H]3C=C(CO)C[C@]2(O)C1=O)C4(C)C. The third kappa shape index (κ3) is 1.69. The highest BCUT2D eigenvalue weighted by molar-refractivity contribution is 6.04. The van der Waals surface area contributed by atoms with Gasteiger partial charge in [0.2, 0.25) is 0 Å². The second-order valence-corrected chi connectivity index (χ2v) is 9.41. The van der Waals surface area contributed by atoms with Crippen LogP contribution in [-0.2, 0) is 4.79 Å². The van der Waals surface area contributed by atoms with E-state index in [4.69, 9.17) is 0 Å². The number of fused-ring (bicyclic) bond motifs is 5. The first-order chi connectivity index (χ1) is 11.9. The number of hydrogen-bond acceptors (Lipinski definition) is 6. The molecule has 0 aliphatic heterocycles. The van der Waals surface area contributed by atoms with Crippen LogP contribution >= 0.6 is 0 Å². The molecule has 4 rings (SSSR count). The Hall–Kier alpha value is -1.05. The number of Topliss-reactive ketones (excluding diaryl/α,β-unsaturated/α-hetero) is 1. The van der Waals surface area contributed by atoms with E-state index >= 15 is 0 Å². The topological polar surface area (TPSA) is 118 Å². The summed E-state index contributed by atoms with van der Waals surface area (Å²) in [5, 5.41) is 54.9. The van der Waals surface area contributed by atoms with Gasteiger partial charge in [0.25, 0.3) is 0 Å². The first-order valence-electron chi connectivity index (χ1n) is 9.27. The van der Waals surface area contributed by atoms with Crippen LogP contribution in [0.25, 0.3) is 0 Å². The Balaban J connectivity index is 1.96. The van der Waals surface area contributed by atoms with E-state index < -0.39 is 57.8 Å². The molecule has 1 unspecified atom stereocenters. The Labute approximate surface area is 152 Å². The molecule has 0 spiro atoms. The van der Waals surface area contributed by atoms with Crippen molar-refractivity contribution in [3.63, 3.8) is 0 Å². The van der Waals surface area contributed by atoms with Gasteiger partial charge < -0.3 is 25.5 Å². The van der Waals surface area contributed by atoms with Gasteiger partial charge in [0.15, 0.2) is 5.78 Å². The fraction of sp³-hybridized carbons (Fsp3) is 0.750. The molecule has 4 aliphatic carbocycles. The van der Waals surface area contributed by atoms with Gasteiger partial charge in [-0.3, -0.25) is 4.79 Å². The maximum atomic E-state index is 12.7. The largest absolute Gasteiger partial charge is 0.392 e. The third-order valence-electron chi connectivity index (χ3n) is 8.04. The van der Waals surface area contributed by atoms with Crippen molar-refractivity contribution in [2.45, 2.75) is 57.0 Å². The van der Waals surface area contributed by atoms with Crippen LogP contribution in [0.5, 0.6) is 0 Å². The molecule has 0 aromatic carbocycles. The zero-order chi connectivity index (χ0) is 19.4. The number of rotatable bonds is 1. The molecular formula is C20H28O6. The number of carbonyl (C=O) groups is 1. The minimum atomic E-state index is -1.84. The molecule has 6 heteroatoms. The van der Waals surface area contributed by atoms with Gasteiger partial charge in [-0.1, -0.05) is 32.9 Å². The smallest absolute Gasteiger partial charge is 0.190 e. The Kier molecular flexibility index (Phi) is 3.42. The lowest BCUT2D eigenvalue weighted by molar-refractivity contribution is -0.209. The minimum absolute atomic E-state index is 0.0615. The molecular weight excluding hydrogens is 336 g/mol. The number of aliphatic hydroxyl groups excluding tert-OH is 2. The molecule has 0 radical (unpaired) electrons. The number of hydrogen-bond donors (Lipinski definition) is 5. The van der Waals surface area contributed by atoms with Crippen LogP contribution in [0.4, 0.5) is 0 Å². The van der Waals surface area contributed by atoms with E-state index in [1.54, 1.807) is 26.0 Å². The molecule has 2 fully saturated rings. The average molecular weight is 364 g/mol. The first-order valence-corrected chi connectivity index (χ1v) is 9.27. The zero-order valence-corrected chi connectivity index (χ0v) is 15.6. The summed E-state index contributed by atoms with van der Waals surface area (Å²) in [5.74, 6) is -3.14. The van der Waals surface area contributed by atoms with Crippen LogP contribution in [0.2, 0.25) is 0 Å². The maximum Gasteiger partial charge on any atom is 0.190 e. The van der Waals surface area contributed by atoms with Crippen LogP contribution in [0, 0.1) is 29.1 Å². The summed E-state index contributed by atoms with van der Waals surface area (Å²) in [5.41, 5.74) is -4.57. The van der Waals surface area contributed by atoms with Crippen LogP contribution in [0.15, 0.2) is 23.3 Å². The molecule has 2 saturated carbocycles. The van der Waals surface area contributed by atoms with Gasteiger partial charge in [0.05, 0.1) is 18.3 Å².